The van der Waals surface area contributed by atoms with Crippen molar-refractivity contribution < 1.29 is 4.74 Å². The van der Waals surface area contributed by atoms with E-state index in [-0.39, 0.29) is 0 Å². The van der Waals surface area contributed by atoms with Crippen LogP contribution < -0.4 is 0 Å². The first-order chi connectivity index (χ1) is 4.24. The zero-order valence-corrected chi connectivity index (χ0v) is 6.69. The molecule has 54 valence electrons. The summed E-state index contributed by atoms with van der Waals surface area (Å²) in [4.78, 5) is 0. The fraction of sp³-hybridized carbons (Fsp3) is 1.00. The monoisotopic (exact) mass is 148 g/mol. The van der Waals surface area contributed by atoms with Crippen molar-refractivity contribution in [1.29, 1.82) is 0 Å². The van der Waals surface area contributed by atoms with Gasteiger partial charge in [-0.05, 0) is 25.7 Å². The molecule has 1 nitrogen and oxygen atoms in total. The smallest absolute Gasteiger partial charge is 0.0577 e. The fourth-order valence-corrected chi connectivity index (χ4v) is 1.38. The molecule has 0 aromatic heterocycles. The maximum atomic E-state index is 5.85. The van der Waals surface area contributed by atoms with Crippen LogP contribution >= 0.6 is 11.6 Å². The van der Waals surface area contributed by atoms with E-state index >= 15 is 0 Å². The molecular weight excluding hydrogens is 136 g/mol. The van der Waals surface area contributed by atoms with Gasteiger partial charge in [-0.25, -0.2) is 0 Å². The maximum Gasteiger partial charge on any atom is 0.0577 e. The molecule has 1 atom stereocenters. The molecule has 0 radical (unpaired) electrons. The molecule has 1 rings (SSSR count). The number of hydrogen-bond donors (Lipinski definition) is 0. The highest BCUT2D eigenvalue weighted by Gasteiger charge is 2.31. The maximum absolute atomic E-state index is 5.85. The Hall–Kier alpha value is 0.250. The van der Waals surface area contributed by atoms with Gasteiger partial charge in [-0.3, -0.25) is 0 Å². The van der Waals surface area contributed by atoms with Gasteiger partial charge in [0.15, 0.2) is 0 Å². The Labute approximate surface area is 61.3 Å². The van der Waals surface area contributed by atoms with Crippen LogP contribution in [0.25, 0.3) is 0 Å². The van der Waals surface area contributed by atoms with Gasteiger partial charge in [0.05, 0.1) is 6.10 Å². The van der Waals surface area contributed by atoms with Crippen LogP contribution in [0.5, 0.6) is 0 Å². The van der Waals surface area contributed by atoms with Crippen molar-refractivity contribution >= 4 is 11.6 Å². The minimum absolute atomic E-state index is 0.330. The molecule has 0 amide bonds. The minimum atomic E-state index is 0.330. The van der Waals surface area contributed by atoms with Crippen LogP contribution in [0, 0.1) is 5.92 Å². The Balaban J connectivity index is 2.12. The average Bonchev–Trinajstić information content (AvgIpc) is 1.61. The first-order valence-electron chi connectivity index (χ1n) is 3.41. The minimum Gasteiger partial charge on any atom is -0.381 e. The number of rotatable bonds is 2. The van der Waals surface area contributed by atoms with Crippen molar-refractivity contribution in [1.82, 2.24) is 0 Å². The van der Waals surface area contributed by atoms with Gasteiger partial charge in [-0.1, -0.05) is 0 Å². The third-order valence-corrected chi connectivity index (χ3v) is 2.47. The topological polar surface area (TPSA) is 9.23 Å². The lowest BCUT2D eigenvalue weighted by Gasteiger charge is -2.35. The second-order valence-corrected chi connectivity index (χ2v) is 3.46. The summed E-state index contributed by atoms with van der Waals surface area (Å²) in [5.74, 6) is 0.705. The van der Waals surface area contributed by atoms with E-state index in [0.29, 0.717) is 17.4 Å². The molecule has 2 heteroatoms. The standard InChI is InChI=1S/C7H13ClO/c1-5(8)6-3-7(4-6)9-2/h5-7H,3-4H2,1-2H3. The van der Waals surface area contributed by atoms with Crippen LogP contribution in [-0.2, 0) is 4.74 Å². The molecule has 0 aliphatic heterocycles. The van der Waals surface area contributed by atoms with E-state index in [9.17, 15) is 0 Å². The molecule has 1 aliphatic rings. The third-order valence-electron chi connectivity index (χ3n) is 2.11. The second kappa shape index (κ2) is 2.89. The van der Waals surface area contributed by atoms with E-state index in [1.165, 1.54) is 0 Å². The van der Waals surface area contributed by atoms with Crippen molar-refractivity contribution in [2.45, 2.75) is 31.2 Å². The quantitative estimate of drug-likeness (QED) is 0.545. The number of halogens is 1. The van der Waals surface area contributed by atoms with E-state index < -0.39 is 0 Å². The fourth-order valence-electron chi connectivity index (χ4n) is 1.17. The Morgan fingerprint density at radius 2 is 2.11 bits per heavy atom. The molecular formula is C7H13ClO. The molecule has 0 bridgehead atoms. The molecule has 0 heterocycles. The predicted molar refractivity (Wildman–Crippen MR) is 38.8 cm³/mol. The van der Waals surface area contributed by atoms with Gasteiger partial charge in [0, 0.05) is 12.5 Å². The third kappa shape index (κ3) is 1.59. The Bertz CT molecular complexity index is 86.9. The summed E-state index contributed by atoms with van der Waals surface area (Å²) >= 11 is 5.85. The lowest BCUT2D eigenvalue weighted by Crippen LogP contribution is -2.34. The van der Waals surface area contributed by atoms with Gasteiger partial charge in [0.25, 0.3) is 0 Å². The molecule has 1 fully saturated rings. The molecule has 9 heavy (non-hydrogen) atoms. The first kappa shape index (κ1) is 7.36. The molecule has 0 N–H and O–H groups in total. The normalized spacial score (nSPS) is 37.7. The Morgan fingerprint density at radius 3 is 2.44 bits per heavy atom. The van der Waals surface area contributed by atoms with Crippen LogP contribution in [0.2, 0.25) is 0 Å². The lowest BCUT2D eigenvalue weighted by atomic mass is 9.80. The highest BCUT2D eigenvalue weighted by Crippen LogP contribution is 2.34. The molecule has 1 unspecified atom stereocenters. The van der Waals surface area contributed by atoms with Crippen molar-refractivity contribution in [3.63, 3.8) is 0 Å². The summed E-state index contributed by atoms with van der Waals surface area (Å²) in [7, 11) is 1.76. The second-order valence-electron chi connectivity index (χ2n) is 2.77. The summed E-state index contributed by atoms with van der Waals surface area (Å²) in [5, 5.41) is 0.330. The molecule has 0 aromatic rings. The van der Waals surface area contributed by atoms with Crippen LogP contribution in [0.15, 0.2) is 0 Å². The number of alkyl halides is 1. The Kier molecular flexibility index (Phi) is 2.36. The SMILES string of the molecule is COC1CC(C(C)Cl)C1. The zero-order chi connectivity index (χ0) is 6.85. The van der Waals surface area contributed by atoms with Crippen LogP contribution in [0.1, 0.15) is 19.8 Å². The van der Waals surface area contributed by atoms with Crippen LogP contribution in [0.3, 0.4) is 0 Å². The van der Waals surface area contributed by atoms with Crippen LogP contribution in [-0.4, -0.2) is 18.6 Å². The number of ether oxygens (including phenoxy) is 1. The lowest BCUT2D eigenvalue weighted by molar-refractivity contribution is 0.00136. The van der Waals surface area contributed by atoms with Crippen molar-refractivity contribution in [3.8, 4) is 0 Å². The summed E-state index contributed by atoms with van der Waals surface area (Å²) < 4.78 is 5.11. The summed E-state index contributed by atoms with van der Waals surface area (Å²) in [6.45, 7) is 2.05. The van der Waals surface area contributed by atoms with Crippen molar-refractivity contribution in [2.24, 2.45) is 5.92 Å². The van der Waals surface area contributed by atoms with E-state index in [0.717, 1.165) is 12.8 Å². The highest BCUT2D eigenvalue weighted by atomic mass is 35.5. The van der Waals surface area contributed by atoms with Gasteiger partial charge >= 0.3 is 0 Å². The summed E-state index contributed by atoms with van der Waals surface area (Å²) in [6, 6.07) is 0. The van der Waals surface area contributed by atoms with Gasteiger partial charge in [-0.2, -0.15) is 0 Å². The van der Waals surface area contributed by atoms with E-state index in [1.807, 2.05) is 0 Å². The average molecular weight is 149 g/mol. The zero-order valence-electron chi connectivity index (χ0n) is 5.93. The van der Waals surface area contributed by atoms with E-state index in [2.05, 4.69) is 6.92 Å². The molecule has 0 saturated heterocycles. The highest BCUT2D eigenvalue weighted by molar-refractivity contribution is 6.20. The van der Waals surface area contributed by atoms with Gasteiger partial charge in [0.1, 0.15) is 0 Å². The molecule has 0 aromatic carbocycles. The summed E-state index contributed by atoms with van der Waals surface area (Å²) in [6.07, 6.45) is 2.80. The molecule has 0 spiro atoms. The largest absolute Gasteiger partial charge is 0.381 e. The molecule has 1 saturated carbocycles. The number of methoxy groups -OCH3 is 1. The number of hydrogen-bond acceptors (Lipinski definition) is 1. The van der Waals surface area contributed by atoms with E-state index in [4.69, 9.17) is 16.3 Å². The van der Waals surface area contributed by atoms with Crippen molar-refractivity contribution in [3.05, 3.63) is 0 Å². The predicted octanol–water partition coefficient (Wildman–Crippen LogP) is 2.04. The molecule has 1 aliphatic carbocycles. The van der Waals surface area contributed by atoms with Crippen molar-refractivity contribution in [2.75, 3.05) is 7.11 Å². The van der Waals surface area contributed by atoms with Gasteiger partial charge in [0.2, 0.25) is 0 Å². The Morgan fingerprint density at radius 1 is 1.56 bits per heavy atom. The van der Waals surface area contributed by atoms with Gasteiger partial charge in [-0.15, -0.1) is 11.6 Å². The van der Waals surface area contributed by atoms with Crippen LogP contribution in [0.4, 0.5) is 0 Å². The summed E-state index contributed by atoms with van der Waals surface area (Å²) in [5.41, 5.74) is 0. The van der Waals surface area contributed by atoms with Gasteiger partial charge < -0.3 is 4.74 Å². The van der Waals surface area contributed by atoms with E-state index in [1.54, 1.807) is 7.11 Å². The first-order valence-corrected chi connectivity index (χ1v) is 3.84.